The molecular weight excluding hydrogens is 180 g/mol. The van der Waals surface area contributed by atoms with E-state index in [9.17, 15) is 0 Å². The second-order valence-corrected chi connectivity index (χ2v) is 5.07. The van der Waals surface area contributed by atoms with Gasteiger partial charge in [0.05, 0.1) is 0 Å². The van der Waals surface area contributed by atoms with Crippen molar-refractivity contribution in [1.82, 2.24) is 0 Å². The molecule has 0 bridgehead atoms. The molecule has 0 aliphatic heterocycles. The van der Waals surface area contributed by atoms with Gasteiger partial charge < -0.3 is 0 Å². The minimum atomic E-state index is 0.638. The lowest BCUT2D eigenvalue weighted by Crippen LogP contribution is -1.96. The first-order valence-corrected chi connectivity index (χ1v) is 6.18. The number of rotatable bonds is 4. The van der Waals surface area contributed by atoms with E-state index in [0.29, 0.717) is 11.8 Å². The third kappa shape index (κ3) is 3.37. The van der Waals surface area contributed by atoms with Crippen molar-refractivity contribution in [1.29, 1.82) is 0 Å². The summed E-state index contributed by atoms with van der Waals surface area (Å²) in [5.74, 6) is 1.28. The Morgan fingerprint density at radius 1 is 0.867 bits per heavy atom. The summed E-state index contributed by atoms with van der Waals surface area (Å²) >= 11 is 0. The summed E-state index contributed by atoms with van der Waals surface area (Å²) in [6, 6.07) is 7.12. The van der Waals surface area contributed by atoms with E-state index in [1.54, 1.807) is 0 Å². The summed E-state index contributed by atoms with van der Waals surface area (Å²) in [4.78, 5) is 0. The van der Waals surface area contributed by atoms with Crippen LogP contribution in [0.5, 0.6) is 0 Å². The van der Waals surface area contributed by atoms with Crippen molar-refractivity contribution in [3.8, 4) is 0 Å². The molecule has 0 aromatic heterocycles. The fourth-order valence-corrected chi connectivity index (χ4v) is 1.85. The van der Waals surface area contributed by atoms with Crippen LogP contribution in [0.25, 0.3) is 0 Å². The minimum Gasteiger partial charge on any atom is -0.0651 e. The van der Waals surface area contributed by atoms with Gasteiger partial charge in [-0.2, -0.15) is 0 Å². The van der Waals surface area contributed by atoms with Crippen molar-refractivity contribution in [2.24, 2.45) is 0 Å². The summed E-state index contributed by atoms with van der Waals surface area (Å²) in [6.45, 7) is 11.3. The lowest BCUT2D eigenvalue weighted by molar-refractivity contribution is 0.819. The molecule has 1 aromatic carbocycles. The first-order valence-electron chi connectivity index (χ1n) is 6.18. The topological polar surface area (TPSA) is 0 Å². The van der Waals surface area contributed by atoms with Gasteiger partial charge in [-0.3, -0.25) is 0 Å². The highest BCUT2D eigenvalue weighted by atomic mass is 14.1. The van der Waals surface area contributed by atoms with Crippen molar-refractivity contribution in [2.45, 2.75) is 59.3 Å². The highest BCUT2D eigenvalue weighted by molar-refractivity contribution is 5.33. The Labute approximate surface area is 94.7 Å². The largest absolute Gasteiger partial charge is 0.0651 e. The van der Waals surface area contributed by atoms with Crippen LogP contribution in [0.2, 0.25) is 0 Å². The molecule has 1 rings (SSSR count). The van der Waals surface area contributed by atoms with E-state index < -0.39 is 0 Å². The van der Waals surface area contributed by atoms with E-state index >= 15 is 0 Å². The molecule has 0 amide bonds. The van der Waals surface area contributed by atoms with Crippen LogP contribution in [-0.2, 0) is 6.42 Å². The van der Waals surface area contributed by atoms with Gasteiger partial charge in [-0.15, -0.1) is 0 Å². The van der Waals surface area contributed by atoms with Gasteiger partial charge in [-0.25, -0.2) is 0 Å². The quantitative estimate of drug-likeness (QED) is 0.655. The van der Waals surface area contributed by atoms with Gasteiger partial charge in [0.1, 0.15) is 0 Å². The first-order chi connectivity index (χ1) is 7.04. The summed E-state index contributed by atoms with van der Waals surface area (Å²) in [5.41, 5.74) is 4.49. The zero-order valence-electron chi connectivity index (χ0n) is 10.8. The van der Waals surface area contributed by atoms with Crippen LogP contribution in [-0.4, -0.2) is 0 Å². The van der Waals surface area contributed by atoms with Gasteiger partial charge in [0.15, 0.2) is 0 Å². The SMILES string of the molecule is CCCc1cc(C(C)C)cc(C(C)C)c1. The van der Waals surface area contributed by atoms with E-state index in [4.69, 9.17) is 0 Å². The molecule has 15 heavy (non-hydrogen) atoms. The number of hydrogen-bond donors (Lipinski definition) is 0. The second-order valence-electron chi connectivity index (χ2n) is 5.07. The second kappa shape index (κ2) is 5.34. The smallest absolute Gasteiger partial charge is 0.0219 e. The molecule has 0 atom stereocenters. The van der Waals surface area contributed by atoms with Crippen molar-refractivity contribution in [3.63, 3.8) is 0 Å². The molecule has 0 saturated carbocycles. The Morgan fingerprint density at radius 2 is 1.33 bits per heavy atom. The third-order valence-corrected chi connectivity index (χ3v) is 2.91. The minimum absolute atomic E-state index is 0.638. The summed E-state index contributed by atoms with van der Waals surface area (Å²) in [7, 11) is 0. The molecule has 0 radical (unpaired) electrons. The van der Waals surface area contributed by atoms with E-state index in [1.807, 2.05) is 0 Å². The fraction of sp³-hybridized carbons (Fsp3) is 0.600. The van der Waals surface area contributed by atoms with Crippen LogP contribution >= 0.6 is 0 Å². The van der Waals surface area contributed by atoms with E-state index in [1.165, 1.54) is 29.5 Å². The van der Waals surface area contributed by atoms with Crippen LogP contribution < -0.4 is 0 Å². The monoisotopic (exact) mass is 204 g/mol. The fourth-order valence-electron chi connectivity index (χ4n) is 1.85. The van der Waals surface area contributed by atoms with Gasteiger partial charge in [0, 0.05) is 0 Å². The highest BCUT2D eigenvalue weighted by Gasteiger charge is 2.06. The van der Waals surface area contributed by atoms with Gasteiger partial charge in [0.2, 0.25) is 0 Å². The Kier molecular flexibility index (Phi) is 4.38. The molecule has 0 N–H and O–H groups in total. The molecule has 0 spiro atoms. The average molecular weight is 204 g/mol. The normalized spacial score (nSPS) is 11.4. The molecule has 0 aliphatic carbocycles. The van der Waals surface area contributed by atoms with Gasteiger partial charge in [-0.1, -0.05) is 59.2 Å². The molecular formula is C15H24. The first kappa shape index (κ1) is 12.3. The van der Waals surface area contributed by atoms with E-state index in [0.717, 1.165) is 0 Å². The summed E-state index contributed by atoms with van der Waals surface area (Å²) in [5, 5.41) is 0. The van der Waals surface area contributed by atoms with Crippen LogP contribution in [0.15, 0.2) is 18.2 Å². The zero-order valence-corrected chi connectivity index (χ0v) is 10.8. The Balaban J connectivity index is 3.08. The standard InChI is InChI=1S/C15H24/c1-6-7-13-8-14(11(2)3)10-15(9-13)12(4)5/h8-12H,6-7H2,1-5H3. The van der Waals surface area contributed by atoms with Crippen LogP contribution in [0.3, 0.4) is 0 Å². The maximum absolute atomic E-state index is 2.38. The number of benzene rings is 1. The maximum atomic E-state index is 2.38. The predicted octanol–water partition coefficient (Wildman–Crippen LogP) is 4.89. The highest BCUT2D eigenvalue weighted by Crippen LogP contribution is 2.23. The van der Waals surface area contributed by atoms with E-state index in [2.05, 4.69) is 52.8 Å². The number of hydrogen-bond acceptors (Lipinski definition) is 0. The summed E-state index contributed by atoms with van der Waals surface area (Å²) in [6.07, 6.45) is 2.44. The number of aryl methyl sites for hydroxylation is 1. The van der Waals surface area contributed by atoms with Gasteiger partial charge >= 0.3 is 0 Å². The van der Waals surface area contributed by atoms with Gasteiger partial charge in [-0.05, 0) is 34.9 Å². The van der Waals surface area contributed by atoms with Crippen LogP contribution in [0, 0.1) is 0 Å². The molecule has 0 aliphatic rings. The Morgan fingerprint density at radius 3 is 1.67 bits per heavy atom. The molecule has 0 heteroatoms. The van der Waals surface area contributed by atoms with Gasteiger partial charge in [0.25, 0.3) is 0 Å². The Hall–Kier alpha value is -0.780. The summed E-state index contributed by atoms with van der Waals surface area (Å²) < 4.78 is 0. The Bertz CT molecular complexity index is 282. The van der Waals surface area contributed by atoms with Crippen molar-refractivity contribution < 1.29 is 0 Å². The maximum Gasteiger partial charge on any atom is -0.0219 e. The zero-order chi connectivity index (χ0) is 11.4. The molecule has 0 saturated heterocycles. The third-order valence-electron chi connectivity index (χ3n) is 2.91. The van der Waals surface area contributed by atoms with Crippen molar-refractivity contribution in [3.05, 3.63) is 34.9 Å². The molecule has 0 heterocycles. The molecule has 84 valence electrons. The molecule has 0 nitrogen and oxygen atoms in total. The van der Waals surface area contributed by atoms with Crippen LogP contribution in [0.1, 0.15) is 69.6 Å². The van der Waals surface area contributed by atoms with Crippen LogP contribution in [0.4, 0.5) is 0 Å². The predicted molar refractivity (Wildman–Crippen MR) is 68.6 cm³/mol. The lowest BCUT2D eigenvalue weighted by atomic mass is 9.92. The van der Waals surface area contributed by atoms with E-state index in [-0.39, 0.29) is 0 Å². The molecule has 0 unspecified atom stereocenters. The van der Waals surface area contributed by atoms with Crippen molar-refractivity contribution >= 4 is 0 Å². The average Bonchev–Trinajstić information content (AvgIpc) is 2.17. The molecule has 0 fully saturated rings. The molecule has 1 aromatic rings. The lowest BCUT2D eigenvalue weighted by Gasteiger charge is -2.14. The van der Waals surface area contributed by atoms with Crippen molar-refractivity contribution in [2.75, 3.05) is 0 Å².